The number of aryl methyl sites for hydroxylation is 1. The minimum absolute atomic E-state index is 0.176. The molecular formula is C21H13F5N4O. The van der Waals surface area contributed by atoms with Crippen molar-refractivity contribution >= 4 is 17.4 Å². The first kappa shape index (κ1) is 20.5. The van der Waals surface area contributed by atoms with E-state index in [-0.39, 0.29) is 11.5 Å². The number of halogens is 5. The zero-order chi connectivity index (χ0) is 22.3. The van der Waals surface area contributed by atoms with Gasteiger partial charge in [-0.15, -0.1) is 0 Å². The molecule has 0 fully saturated rings. The quantitative estimate of drug-likeness (QED) is 0.450. The van der Waals surface area contributed by atoms with Gasteiger partial charge in [0, 0.05) is 23.6 Å². The minimum atomic E-state index is -4.90. The highest BCUT2D eigenvalue weighted by atomic mass is 19.4. The van der Waals surface area contributed by atoms with Gasteiger partial charge in [0.05, 0.1) is 23.0 Å². The minimum Gasteiger partial charge on any atom is -0.322 e. The molecule has 4 rings (SSSR count). The molecule has 0 saturated heterocycles. The van der Waals surface area contributed by atoms with Gasteiger partial charge in [-0.1, -0.05) is 18.2 Å². The molecule has 2 heterocycles. The van der Waals surface area contributed by atoms with E-state index >= 15 is 0 Å². The smallest absolute Gasteiger partial charge is 0.322 e. The maximum atomic E-state index is 14.1. The summed E-state index contributed by atoms with van der Waals surface area (Å²) in [5.74, 6) is -2.83. The van der Waals surface area contributed by atoms with E-state index in [9.17, 15) is 26.7 Å². The molecule has 0 aliphatic carbocycles. The lowest BCUT2D eigenvalue weighted by Gasteiger charge is -2.15. The van der Waals surface area contributed by atoms with Crippen LogP contribution < -0.4 is 5.32 Å². The predicted molar refractivity (Wildman–Crippen MR) is 102 cm³/mol. The van der Waals surface area contributed by atoms with E-state index in [4.69, 9.17) is 0 Å². The molecule has 31 heavy (non-hydrogen) atoms. The van der Waals surface area contributed by atoms with Gasteiger partial charge in [-0.05, 0) is 30.7 Å². The number of fused-ring (bicyclic) bond motifs is 1. The van der Waals surface area contributed by atoms with E-state index in [0.717, 1.165) is 18.3 Å². The third-order valence-corrected chi connectivity index (χ3v) is 4.61. The average molecular weight is 432 g/mol. The molecule has 0 aliphatic heterocycles. The van der Waals surface area contributed by atoms with Crippen LogP contribution in [0.2, 0.25) is 0 Å². The highest BCUT2D eigenvalue weighted by Gasteiger charge is 2.36. The predicted octanol–water partition coefficient (Wildman–Crippen LogP) is 5.25. The first-order valence-corrected chi connectivity index (χ1v) is 8.92. The Hall–Kier alpha value is -3.82. The van der Waals surface area contributed by atoms with Gasteiger partial charge in [-0.2, -0.15) is 13.2 Å². The van der Waals surface area contributed by atoms with E-state index in [0.29, 0.717) is 22.9 Å². The number of alkyl halides is 3. The van der Waals surface area contributed by atoms with Crippen molar-refractivity contribution in [2.24, 2.45) is 0 Å². The maximum absolute atomic E-state index is 14.1. The molecule has 0 spiro atoms. The van der Waals surface area contributed by atoms with Crippen LogP contribution in [0.4, 0.5) is 27.6 Å². The second-order valence-corrected chi connectivity index (χ2v) is 6.75. The number of anilines is 1. The summed E-state index contributed by atoms with van der Waals surface area (Å²) in [4.78, 5) is 20.7. The van der Waals surface area contributed by atoms with Crippen LogP contribution in [-0.2, 0) is 6.18 Å². The standard InChI is InChI=1S/C21H13F5N4O/c1-11-5-6-12(17-10-30-9-13(22)8-27-20(30)29-17)7-16(11)28-19(31)18-14(21(24,25)26)3-2-4-15(18)23/h2-10H,1H3,(H,28,31). The van der Waals surface area contributed by atoms with Gasteiger partial charge in [0.15, 0.2) is 5.82 Å². The summed E-state index contributed by atoms with van der Waals surface area (Å²) in [7, 11) is 0. The molecule has 1 amide bonds. The van der Waals surface area contributed by atoms with E-state index < -0.39 is 34.8 Å². The monoisotopic (exact) mass is 432 g/mol. The molecule has 0 saturated carbocycles. The number of aromatic nitrogens is 3. The molecule has 1 N–H and O–H groups in total. The van der Waals surface area contributed by atoms with Gasteiger partial charge in [-0.25, -0.2) is 18.7 Å². The topological polar surface area (TPSA) is 59.3 Å². The SMILES string of the molecule is Cc1ccc(-c2cn3cc(F)cnc3n2)cc1NC(=O)c1c(F)cccc1C(F)(F)F. The number of carbonyl (C=O) groups is 1. The number of carbonyl (C=O) groups excluding carboxylic acids is 1. The number of hydrogen-bond acceptors (Lipinski definition) is 3. The van der Waals surface area contributed by atoms with Crippen molar-refractivity contribution in [1.82, 2.24) is 14.4 Å². The van der Waals surface area contributed by atoms with Crippen molar-refractivity contribution in [3.63, 3.8) is 0 Å². The molecule has 5 nitrogen and oxygen atoms in total. The average Bonchev–Trinajstić information content (AvgIpc) is 3.11. The summed E-state index contributed by atoms with van der Waals surface area (Å²) in [5.41, 5.74) is -0.851. The van der Waals surface area contributed by atoms with E-state index in [1.165, 1.54) is 22.9 Å². The molecule has 2 aromatic carbocycles. The lowest BCUT2D eigenvalue weighted by atomic mass is 10.0. The van der Waals surface area contributed by atoms with Crippen molar-refractivity contribution in [3.8, 4) is 11.3 Å². The molecule has 0 atom stereocenters. The van der Waals surface area contributed by atoms with Gasteiger partial charge in [0.25, 0.3) is 5.91 Å². The molecule has 4 aromatic rings. The largest absolute Gasteiger partial charge is 0.417 e. The van der Waals surface area contributed by atoms with Crippen LogP contribution in [0.15, 0.2) is 55.0 Å². The summed E-state index contributed by atoms with van der Waals surface area (Å²) in [6.45, 7) is 1.63. The molecule has 158 valence electrons. The maximum Gasteiger partial charge on any atom is 0.417 e. The Kier molecular flexibility index (Phi) is 4.92. The highest BCUT2D eigenvalue weighted by molar-refractivity contribution is 6.06. The van der Waals surface area contributed by atoms with Crippen LogP contribution in [0, 0.1) is 18.6 Å². The Bertz CT molecular complexity index is 1310. The molecule has 2 aromatic heterocycles. The fourth-order valence-electron chi connectivity index (χ4n) is 3.09. The van der Waals surface area contributed by atoms with E-state index in [2.05, 4.69) is 15.3 Å². The van der Waals surface area contributed by atoms with Crippen molar-refractivity contribution in [1.29, 1.82) is 0 Å². The van der Waals surface area contributed by atoms with Gasteiger partial charge >= 0.3 is 6.18 Å². The van der Waals surface area contributed by atoms with Gasteiger partial charge in [0.2, 0.25) is 5.78 Å². The summed E-state index contributed by atoms with van der Waals surface area (Å²) < 4.78 is 68.5. The Morgan fingerprint density at radius 3 is 2.61 bits per heavy atom. The van der Waals surface area contributed by atoms with Crippen LogP contribution in [0.3, 0.4) is 0 Å². The van der Waals surface area contributed by atoms with Crippen LogP contribution >= 0.6 is 0 Å². The van der Waals surface area contributed by atoms with Crippen LogP contribution in [0.5, 0.6) is 0 Å². The lowest BCUT2D eigenvalue weighted by molar-refractivity contribution is -0.138. The number of hydrogen-bond donors (Lipinski definition) is 1. The Balaban J connectivity index is 1.71. The number of amides is 1. The van der Waals surface area contributed by atoms with Crippen molar-refractivity contribution in [3.05, 3.63) is 83.3 Å². The Labute approximate surface area is 172 Å². The van der Waals surface area contributed by atoms with Crippen molar-refractivity contribution in [2.45, 2.75) is 13.1 Å². The van der Waals surface area contributed by atoms with Gasteiger partial charge < -0.3 is 5.32 Å². The first-order chi connectivity index (χ1) is 14.6. The van der Waals surface area contributed by atoms with Crippen molar-refractivity contribution < 1.29 is 26.7 Å². The molecule has 0 radical (unpaired) electrons. The Morgan fingerprint density at radius 1 is 1.10 bits per heavy atom. The van der Waals surface area contributed by atoms with Crippen LogP contribution in [-0.4, -0.2) is 20.3 Å². The summed E-state index contributed by atoms with van der Waals surface area (Å²) in [6, 6.07) is 7.10. The molecule has 0 bridgehead atoms. The fraction of sp³-hybridized carbons (Fsp3) is 0.0952. The van der Waals surface area contributed by atoms with E-state index in [1.807, 2.05) is 0 Å². The Morgan fingerprint density at radius 2 is 1.87 bits per heavy atom. The molecule has 10 heteroatoms. The number of benzene rings is 2. The highest BCUT2D eigenvalue weighted by Crippen LogP contribution is 2.34. The number of rotatable bonds is 3. The first-order valence-electron chi connectivity index (χ1n) is 8.92. The molecule has 0 unspecified atom stereocenters. The number of nitrogens with zero attached hydrogens (tertiary/aromatic N) is 3. The second-order valence-electron chi connectivity index (χ2n) is 6.75. The summed E-state index contributed by atoms with van der Waals surface area (Å²) >= 11 is 0. The third-order valence-electron chi connectivity index (χ3n) is 4.61. The van der Waals surface area contributed by atoms with Gasteiger partial charge in [-0.3, -0.25) is 9.20 Å². The second kappa shape index (κ2) is 7.46. The zero-order valence-corrected chi connectivity index (χ0v) is 15.8. The fourth-order valence-corrected chi connectivity index (χ4v) is 3.09. The zero-order valence-electron chi connectivity index (χ0n) is 15.8. The van der Waals surface area contributed by atoms with E-state index in [1.54, 1.807) is 19.1 Å². The number of imidazole rings is 1. The molecule has 0 aliphatic rings. The summed E-state index contributed by atoms with van der Waals surface area (Å²) in [5, 5.41) is 2.34. The molecular weight excluding hydrogens is 419 g/mol. The number of nitrogens with one attached hydrogen (secondary N) is 1. The normalized spacial score (nSPS) is 11.7. The van der Waals surface area contributed by atoms with Crippen LogP contribution in [0.1, 0.15) is 21.5 Å². The summed E-state index contributed by atoms with van der Waals surface area (Å²) in [6.07, 6.45) is -1.18. The lowest BCUT2D eigenvalue weighted by Crippen LogP contribution is -2.21. The van der Waals surface area contributed by atoms with Crippen molar-refractivity contribution in [2.75, 3.05) is 5.32 Å². The third kappa shape index (κ3) is 3.96. The van der Waals surface area contributed by atoms with Crippen LogP contribution in [0.25, 0.3) is 17.0 Å². The van der Waals surface area contributed by atoms with Gasteiger partial charge in [0.1, 0.15) is 5.82 Å².